The van der Waals surface area contributed by atoms with Gasteiger partial charge in [0.15, 0.2) is 0 Å². The summed E-state index contributed by atoms with van der Waals surface area (Å²) < 4.78 is 2.04. The van der Waals surface area contributed by atoms with Gasteiger partial charge in [0.2, 0.25) is 0 Å². The molecule has 82 valence electrons. The molecule has 0 amide bonds. The average Bonchev–Trinajstić information content (AvgIpc) is 2.82. The van der Waals surface area contributed by atoms with E-state index in [1.165, 1.54) is 32.1 Å². The predicted octanol–water partition coefficient (Wildman–Crippen LogP) is 1.41. The van der Waals surface area contributed by atoms with Gasteiger partial charge >= 0.3 is 0 Å². The quantitative estimate of drug-likeness (QED) is 0.755. The molecule has 0 aromatic carbocycles. The molecular weight excluding hydrogens is 188 g/mol. The summed E-state index contributed by atoms with van der Waals surface area (Å²) in [5.74, 6) is 1.98. The lowest BCUT2D eigenvalue weighted by Gasteiger charge is -2.24. The summed E-state index contributed by atoms with van der Waals surface area (Å²) >= 11 is 0. The summed E-state index contributed by atoms with van der Waals surface area (Å²) in [4.78, 5) is 0. The molecule has 1 saturated carbocycles. The number of rotatable bonds is 1. The molecule has 1 saturated heterocycles. The minimum absolute atomic E-state index is 0.436. The molecule has 15 heavy (non-hydrogen) atoms. The van der Waals surface area contributed by atoms with E-state index < -0.39 is 0 Å². The molecule has 0 spiro atoms. The highest BCUT2D eigenvalue weighted by Gasteiger charge is 2.37. The van der Waals surface area contributed by atoms with Crippen LogP contribution in [0.15, 0.2) is 6.33 Å². The highest BCUT2D eigenvalue weighted by Crippen LogP contribution is 2.38. The first-order chi connectivity index (χ1) is 7.34. The summed E-state index contributed by atoms with van der Waals surface area (Å²) in [5.41, 5.74) is 0. The fraction of sp³-hybridized carbons (Fsp3) is 0.818. The second-order valence-electron chi connectivity index (χ2n) is 4.91. The highest BCUT2D eigenvalue weighted by molar-refractivity contribution is 5.03. The normalized spacial score (nSPS) is 35.4. The molecule has 2 heterocycles. The van der Waals surface area contributed by atoms with Crippen molar-refractivity contribution in [1.82, 2.24) is 20.1 Å². The lowest BCUT2D eigenvalue weighted by atomic mass is 9.85. The third-order valence-electron chi connectivity index (χ3n) is 3.92. The summed E-state index contributed by atoms with van der Waals surface area (Å²) in [6.07, 6.45) is 8.58. The number of hydrogen-bond acceptors (Lipinski definition) is 3. The zero-order valence-electron chi connectivity index (χ0n) is 9.19. The summed E-state index contributed by atoms with van der Waals surface area (Å²) in [5, 5.41) is 11.9. The van der Waals surface area contributed by atoms with Crippen LogP contribution in [0.25, 0.3) is 0 Å². The molecule has 3 rings (SSSR count). The first kappa shape index (κ1) is 9.33. The van der Waals surface area contributed by atoms with E-state index in [0.29, 0.717) is 6.04 Å². The topological polar surface area (TPSA) is 42.7 Å². The Morgan fingerprint density at radius 3 is 3.00 bits per heavy atom. The van der Waals surface area contributed by atoms with Crippen LogP contribution >= 0.6 is 0 Å². The second kappa shape index (κ2) is 3.59. The molecule has 4 nitrogen and oxygen atoms in total. The molecule has 2 fully saturated rings. The number of fused-ring (bicyclic) bond motifs is 1. The Morgan fingerprint density at radius 2 is 2.27 bits per heavy atom. The lowest BCUT2D eigenvalue weighted by Crippen LogP contribution is -2.31. The monoisotopic (exact) mass is 206 g/mol. The number of nitrogens with zero attached hydrogens (tertiary/aromatic N) is 3. The van der Waals surface area contributed by atoms with Gasteiger partial charge in [-0.1, -0.05) is 12.8 Å². The van der Waals surface area contributed by atoms with Crippen molar-refractivity contribution >= 4 is 0 Å². The number of aromatic nitrogens is 3. The van der Waals surface area contributed by atoms with Crippen LogP contribution in [-0.4, -0.2) is 20.8 Å². The van der Waals surface area contributed by atoms with E-state index in [0.717, 1.165) is 17.8 Å². The van der Waals surface area contributed by atoms with E-state index in [1.54, 1.807) is 6.33 Å². The molecule has 0 radical (unpaired) electrons. The predicted molar refractivity (Wildman–Crippen MR) is 57.2 cm³/mol. The van der Waals surface area contributed by atoms with E-state index in [9.17, 15) is 0 Å². The smallest absolute Gasteiger partial charge is 0.149 e. The molecule has 1 aromatic rings. The lowest BCUT2D eigenvalue weighted by molar-refractivity contribution is 0.325. The Kier molecular flexibility index (Phi) is 2.24. The molecular formula is C11H18N4. The fourth-order valence-electron chi connectivity index (χ4n) is 3.13. The Hall–Kier alpha value is -0.900. The van der Waals surface area contributed by atoms with Crippen LogP contribution in [0.1, 0.15) is 44.0 Å². The van der Waals surface area contributed by atoms with Gasteiger partial charge in [0, 0.05) is 13.1 Å². The first-order valence-corrected chi connectivity index (χ1v) is 5.94. The number of aryl methyl sites for hydroxylation is 1. The van der Waals surface area contributed by atoms with E-state index >= 15 is 0 Å². The zero-order chi connectivity index (χ0) is 10.3. The molecule has 1 aromatic heterocycles. The Morgan fingerprint density at radius 1 is 1.40 bits per heavy atom. The van der Waals surface area contributed by atoms with Crippen LogP contribution in [0.5, 0.6) is 0 Å². The van der Waals surface area contributed by atoms with Gasteiger partial charge in [0.05, 0.1) is 6.04 Å². The van der Waals surface area contributed by atoms with Gasteiger partial charge in [-0.3, -0.25) is 0 Å². The van der Waals surface area contributed by atoms with Gasteiger partial charge in [-0.25, -0.2) is 0 Å². The summed E-state index contributed by atoms with van der Waals surface area (Å²) in [6.45, 7) is 0. The van der Waals surface area contributed by atoms with Crippen molar-refractivity contribution in [2.45, 2.75) is 44.2 Å². The average molecular weight is 206 g/mol. The first-order valence-electron chi connectivity index (χ1n) is 5.94. The van der Waals surface area contributed by atoms with E-state index in [-0.39, 0.29) is 0 Å². The molecule has 1 N–H and O–H groups in total. The SMILES string of the molecule is Cn1cnnc1C1CC2CCCCC2N1. The van der Waals surface area contributed by atoms with E-state index in [2.05, 4.69) is 15.5 Å². The van der Waals surface area contributed by atoms with Crippen molar-refractivity contribution in [3.05, 3.63) is 12.2 Å². The highest BCUT2D eigenvalue weighted by atomic mass is 15.3. The molecule has 2 aliphatic rings. The largest absolute Gasteiger partial charge is 0.319 e. The molecule has 0 bridgehead atoms. The maximum Gasteiger partial charge on any atom is 0.149 e. The van der Waals surface area contributed by atoms with Crippen LogP contribution in [0.4, 0.5) is 0 Å². The fourth-order valence-corrected chi connectivity index (χ4v) is 3.13. The standard InChI is InChI=1S/C11H18N4/c1-15-7-12-14-11(15)10-6-8-4-2-3-5-9(8)13-10/h7-10,13H,2-6H2,1H3. The van der Waals surface area contributed by atoms with Crippen LogP contribution < -0.4 is 5.32 Å². The van der Waals surface area contributed by atoms with Crippen molar-refractivity contribution in [2.75, 3.05) is 0 Å². The van der Waals surface area contributed by atoms with Gasteiger partial charge in [0.1, 0.15) is 12.2 Å². The Balaban J connectivity index is 1.78. The van der Waals surface area contributed by atoms with Crippen LogP contribution in [0, 0.1) is 5.92 Å². The van der Waals surface area contributed by atoms with Gasteiger partial charge in [-0.2, -0.15) is 0 Å². The molecule has 3 unspecified atom stereocenters. The van der Waals surface area contributed by atoms with Crippen molar-refractivity contribution in [1.29, 1.82) is 0 Å². The van der Waals surface area contributed by atoms with Crippen LogP contribution in [-0.2, 0) is 7.05 Å². The Bertz CT molecular complexity index is 332. The van der Waals surface area contributed by atoms with Crippen molar-refractivity contribution < 1.29 is 0 Å². The van der Waals surface area contributed by atoms with Gasteiger partial charge in [0.25, 0.3) is 0 Å². The molecule has 3 atom stereocenters. The third-order valence-corrected chi connectivity index (χ3v) is 3.92. The Labute approximate surface area is 90.1 Å². The summed E-state index contributed by atoms with van der Waals surface area (Å²) in [6, 6.07) is 1.17. The summed E-state index contributed by atoms with van der Waals surface area (Å²) in [7, 11) is 2.03. The maximum atomic E-state index is 4.21. The van der Waals surface area contributed by atoms with Crippen molar-refractivity contribution in [2.24, 2.45) is 13.0 Å². The third kappa shape index (κ3) is 1.57. The zero-order valence-corrected chi connectivity index (χ0v) is 9.19. The van der Waals surface area contributed by atoms with E-state index in [1.807, 2.05) is 11.6 Å². The number of nitrogens with one attached hydrogen (secondary N) is 1. The molecule has 1 aliphatic heterocycles. The second-order valence-corrected chi connectivity index (χ2v) is 4.91. The minimum Gasteiger partial charge on any atom is -0.319 e. The van der Waals surface area contributed by atoms with Gasteiger partial charge in [-0.05, 0) is 25.2 Å². The molecule has 1 aliphatic carbocycles. The van der Waals surface area contributed by atoms with Gasteiger partial charge in [-0.15, -0.1) is 10.2 Å². The van der Waals surface area contributed by atoms with Gasteiger partial charge < -0.3 is 9.88 Å². The van der Waals surface area contributed by atoms with Crippen molar-refractivity contribution in [3.63, 3.8) is 0 Å². The maximum absolute atomic E-state index is 4.21. The van der Waals surface area contributed by atoms with Crippen LogP contribution in [0.2, 0.25) is 0 Å². The minimum atomic E-state index is 0.436. The van der Waals surface area contributed by atoms with Crippen LogP contribution in [0.3, 0.4) is 0 Å². The molecule has 4 heteroatoms. The number of hydrogen-bond donors (Lipinski definition) is 1. The van der Waals surface area contributed by atoms with E-state index in [4.69, 9.17) is 0 Å². The van der Waals surface area contributed by atoms with Crippen molar-refractivity contribution in [3.8, 4) is 0 Å².